The van der Waals surface area contributed by atoms with Crippen molar-refractivity contribution in [3.05, 3.63) is 16.4 Å². The highest BCUT2D eigenvalue weighted by atomic mass is 35.5. The highest BCUT2D eigenvalue weighted by Gasteiger charge is 2.25. The lowest BCUT2D eigenvalue weighted by molar-refractivity contribution is 0.0620. The van der Waals surface area contributed by atoms with Crippen LogP contribution in [0.4, 0.5) is 0 Å². The Kier molecular flexibility index (Phi) is 4.02. The number of rotatable bonds is 3. The average Bonchev–Trinajstić information content (AvgIpc) is 2.43. The first-order valence-electron chi connectivity index (χ1n) is 5.65. The molecule has 1 N–H and O–H groups in total. The van der Waals surface area contributed by atoms with Crippen LogP contribution in [0.2, 0.25) is 5.02 Å². The summed E-state index contributed by atoms with van der Waals surface area (Å²) < 4.78 is 1.77. The first kappa shape index (κ1) is 13.5. The van der Waals surface area contributed by atoms with E-state index < -0.39 is 6.10 Å². The van der Waals surface area contributed by atoms with E-state index in [2.05, 4.69) is 5.10 Å². The molecule has 0 fully saturated rings. The fraction of sp³-hybridized carbons (Fsp3) is 0.750. The van der Waals surface area contributed by atoms with Crippen molar-refractivity contribution in [1.82, 2.24) is 9.78 Å². The van der Waals surface area contributed by atoms with Gasteiger partial charge in [-0.15, -0.1) is 0 Å². The van der Waals surface area contributed by atoms with Gasteiger partial charge in [-0.2, -0.15) is 5.10 Å². The Hall–Kier alpha value is -0.540. The van der Waals surface area contributed by atoms with Crippen LogP contribution in [0.15, 0.2) is 0 Å². The summed E-state index contributed by atoms with van der Waals surface area (Å²) in [6.45, 7) is 8.08. The number of aryl methyl sites for hydroxylation is 2. The Morgan fingerprint density at radius 3 is 2.38 bits per heavy atom. The van der Waals surface area contributed by atoms with Crippen LogP contribution < -0.4 is 0 Å². The van der Waals surface area contributed by atoms with Crippen LogP contribution in [0.25, 0.3) is 0 Å². The average molecular weight is 245 g/mol. The summed E-state index contributed by atoms with van der Waals surface area (Å²) in [5.41, 5.74) is 1.68. The van der Waals surface area contributed by atoms with Crippen LogP contribution in [-0.4, -0.2) is 21.0 Å². The maximum Gasteiger partial charge on any atom is 0.0850 e. The van der Waals surface area contributed by atoms with Crippen LogP contribution in [0.3, 0.4) is 0 Å². The molecule has 1 rings (SSSR count). The number of nitrogens with zero attached hydrogens (tertiary/aromatic N) is 2. The monoisotopic (exact) mass is 244 g/mol. The van der Waals surface area contributed by atoms with Gasteiger partial charge in [-0.3, -0.25) is 4.68 Å². The molecule has 1 heterocycles. The summed E-state index contributed by atoms with van der Waals surface area (Å²) in [6, 6.07) is 0. The van der Waals surface area contributed by atoms with Crippen molar-refractivity contribution >= 4 is 11.6 Å². The van der Waals surface area contributed by atoms with E-state index in [1.54, 1.807) is 4.68 Å². The highest BCUT2D eigenvalue weighted by Crippen LogP contribution is 2.27. The first-order valence-corrected chi connectivity index (χ1v) is 6.03. The van der Waals surface area contributed by atoms with Crippen molar-refractivity contribution in [2.24, 2.45) is 12.5 Å². The molecule has 0 saturated carbocycles. The van der Waals surface area contributed by atoms with Gasteiger partial charge in [0.1, 0.15) is 0 Å². The summed E-state index contributed by atoms with van der Waals surface area (Å²) in [4.78, 5) is 0. The largest absolute Gasteiger partial charge is 0.392 e. The quantitative estimate of drug-likeness (QED) is 0.888. The fourth-order valence-corrected chi connectivity index (χ4v) is 1.90. The van der Waals surface area contributed by atoms with Gasteiger partial charge in [0.05, 0.1) is 22.5 Å². The Bertz CT molecular complexity index is 366. The molecule has 0 bridgehead atoms. The zero-order chi connectivity index (χ0) is 12.5. The molecule has 0 aliphatic rings. The third-order valence-electron chi connectivity index (χ3n) is 2.89. The summed E-state index contributed by atoms with van der Waals surface area (Å²) >= 11 is 6.23. The van der Waals surface area contributed by atoms with E-state index in [0.29, 0.717) is 11.4 Å². The van der Waals surface area contributed by atoms with Crippen LogP contribution in [0.1, 0.15) is 39.1 Å². The van der Waals surface area contributed by atoms with Crippen molar-refractivity contribution < 1.29 is 5.11 Å². The van der Waals surface area contributed by atoms with Crippen LogP contribution in [0, 0.1) is 5.41 Å². The molecular formula is C12H21ClN2O. The second-order valence-corrected chi connectivity index (χ2v) is 5.65. The molecule has 0 aliphatic carbocycles. The van der Waals surface area contributed by atoms with E-state index in [1.807, 2.05) is 34.7 Å². The normalized spacial score (nSPS) is 14.2. The Morgan fingerprint density at radius 2 is 2.00 bits per heavy atom. The second kappa shape index (κ2) is 4.76. The molecule has 0 amide bonds. The van der Waals surface area contributed by atoms with Gasteiger partial charge in [-0.1, -0.05) is 39.3 Å². The van der Waals surface area contributed by atoms with Gasteiger partial charge in [-0.25, -0.2) is 0 Å². The Labute approximate surface area is 102 Å². The number of aromatic nitrogens is 2. The van der Waals surface area contributed by atoms with E-state index in [-0.39, 0.29) is 5.41 Å². The number of hydrogen-bond acceptors (Lipinski definition) is 2. The zero-order valence-corrected chi connectivity index (χ0v) is 11.5. The van der Waals surface area contributed by atoms with Crippen molar-refractivity contribution in [3.63, 3.8) is 0 Å². The van der Waals surface area contributed by atoms with Crippen LogP contribution in [-0.2, 0) is 19.9 Å². The van der Waals surface area contributed by atoms with E-state index in [1.165, 1.54) is 0 Å². The minimum Gasteiger partial charge on any atom is -0.392 e. The zero-order valence-electron chi connectivity index (χ0n) is 10.7. The van der Waals surface area contributed by atoms with Crippen molar-refractivity contribution in [3.8, 4) is 0 Å². The maximum absolute atomic E-state index is 10.1. The summed E-state index contributed by atoms with van der Waals surface area (Å²) in [6.07, 6.45) is 0.953. The van der Waals surface area contributed by atoms with Crippen molar-refractivity contribution in [2.75, 3.05) is 0 Å². The molecule has 0 saturated heterocycles. The lowest BCUT2D eigenvalue weighted by atomic mass is 9.86. The molecule has 3 nitrogen and oxygen atoms in total. The van der Waals surface area contributed by atoms with E-state index in [4.69, 9.17) is 11.6 Å². The van der Waals surface area contributed by atoms with E-state index in [9.17, 15) is 5.11 Å². The number of halogens is 1. The van der Waals surface area contributed by atoms with Gasteiger partial charge < -0.3 is 5.11 Å². The number of aliphatic hydroxyl groups is 1. The molecule has 16 heavy (non-hydrogen) atoms. The molecule has 1 aromatic rings. The summed E-state index contributed by atoms with van der Waals surface area (Å²) in [5, 5.41) is 15.1. The number of aliphatic hydroxyl groups excluding tert-OH is 1. The van der Waals surface area contributed by atoms with Crippen molar-refractivity contribution in [1.29, 1.82) is 0 Å². The topological polar surface area (TPSA) is 38.0 Å². The third-order valence-corrected chi connectivity index (χ3v) is 3.33. The second-order valence-electron chi connectivity index (χ2n) is 5.27. The molecule has 1 unspecified atom stereocenters. The maximum atomic E-state index is 10.1. The third kappa shape index (κ3) is 2.77. The lowest BCUT2D eigenvalue weighted by Gasteiger charge is -2.25. The minimum atomic E-state index is -0.412. The van der Waals surface area contributed by atoms with E-state index in [0.717, 1.165) is 17.8 Å². The molecule has 1 aromatic heterocycles. The summed E-state index contributed by atoms with van der Waals surface area (Å²) in [7, 11) is 1.87. The van der Waals surface area contributed by atoms with E-state index >= 15 is 0 Å². The van der Waals surface area contributed by atoms with Gasteiger partial charge >= 0.3 is 0 Å². The van der Waals surface area contributed by atoms with Gasteiger partial charge in [0, 0.05) is 13.5 Å². The molecular weight excluding hydrogens is 224 g/mol. The van der Waals surface area contributed by atoms with Crippen molar-refractivity contribution in [2.45, 2.75) is 46.6 Å². The molecule has 0 radical (unpaired) electrons. The lowest BCUT2D eigenvalue weighted by Crippen LogP contribution is -2.29. The predicted octanol–water partition coefficient (Wildman–Crippen LogP) is 2.59. The minimum absolute atomic E-state index is 0.139. The molecule has 0 aromatic carbocycles. The predicted molar refractivity (Wildman–Crippen MR) is 66.8 cm³/mol. The Morgan fingerprint density at radius 1 is 1.44 bits per heavy atom. The van der Waals surface area contributed by atoms with Crippen LogP contribution in [0.5, 0.6) is 0 Å². The van der Waals surface area contributed by atoms with Gasteiger partial charge in [-0.05, 0) is 11.8 Å². The molecule has 0 spiro atoms. The SMILES string of the molecule is CCc1nn(C)c(CC(O)C(C)(C)C)c1Cl. The smallest absolute Gasteiger partial charge is 0.0850 e. The fourth-order valence-electron chi connectivity index (χ4n) is 1.53. The highest BCUT2D eigenvalue weighted by molar-refractivity contribution is 6.31. The standard InChI is InChI=1S/C12H21ClN2O/c1-6-8-11(13)9(15(5)14-8)7-10(16)12(2,3)4/h10,16H,6-7H2,1-5H3. The molecule has 4 heteroatoms. The molecule has 92 valence electrons. The van der Waals surface area contributed by atoms with Gasteiger partial charge in [0.15, 0.2) is 0 Å². The van der Waals surface area contributed by atoms with Crippen LogP contribution >= 0.6 is 11.6 Å². The molecule has 0 aliphatic heterocycles. The number of hydrogen-bond donors (Lipinski definition) is 1. The Balaban J connectivity index is 2.93. The first-order chi connectivity index (χ1) is 7.27. The molecule has 1 atom stereocenters. The summed E-state index contributed by atoms with van der Waals surface area (Å²) in [5.74, 6) is 0. The van der Waals surface area contributed by atoms with Gasteiger partial charge in [0.2, 0.25) is 0 Å². The van der Waals surface area contributed by atoms with Gasteiger partial charge in [0.25, 0.3) is 0 Å².